The second kappa shape index (κ2) is 8.79. The third kappa shape index (κ3) is 4.39. The third-order valence-corrected chi connectivity index (χ3v) is 6.51. The van der Waals surface area contributed by atoms with Crippen LogP contribution in [0.15, 0.2) is 42.5 Å². The quantitative estimate of drug-likeness (QED) is 0.722. The van der Waals surface area contributed by atoms with E-state index in [4.69, 9.17) is 0 Å². The first-order valence-electron chi connectivity index (χ1n) is 8.67. The molecule has 1 unspecified atom stereocenters. The van der Waals surface area contributed by atoms with Crippen molar-refractivity contribution >= 4 is 57.1 Å². The van der Waals surface area contributed by atoms with Gasteiger partial charge in [0.2, 0.25) is 5.91 Å². The summed E-state index contributed by atoms with van der Waals surface area (Å²) in [5.41, 5.74) is 0.454. The first-order chi connectivity index (χ1) is 13.4. The highest BCUT2D eigenvalue weighted by Crippen LogP contribution is 2.28. The number of aliphatic carboxylic acids is 1. The molecule has 8 heteroatoms. The monoisotopic (exact) mass is 417 g/mol. The molecule has 0 radical (unpaired) electrons. The average Bonchev–Trinajstić information content (AvgIpc) is 3.16. The molecule has 0 spiro atoms. The van der Waals surface area contributed by atoms with Gasteiger partial charge in [0.05, 0.1) is 11.1 Å². The van der Waals surface area contributed by atoms with Crippen LogP contribution in [0.5, 0.6) is 0 Å². The van der Waals surface area contributed by atoms with Crippen LogP contribution in [0.25, 0.3) is 10.8 Å². The molecule has 1 amide bonds. The maximum atomic E-state index is 13.2. The van der Waals surface area contributed by atoms with Crippen LogP contribution in [-0.4, -0.2) is 55.7 Å². The van der Waals surface area contributed by atoms with Gasteiger partial charge in [0.1, 0.15) is 6.04 Å². The number of fused-ring (bicyclic) bond motifs is 1. The average molecular weight is 418 g/mol. The van der Waals surface area contributed by atoms with E-state index in [0.717, 1.165) is 22.5 Å². The van der Waals surface area contributed by atoms with Crippen molar-refractivity contribution in [2.45, 2.75) is 24.6 Å². The van der Waals surface area contributed by atoms with Crippen LogP contribution in [0.1, 0.15) is 23.7 Å². The zero-order chi connectivity index (χ0) is 20.3. The molecule has 1 N–H and O–H groups in total. The smallest absolute Gasteiger partial charge is 0.327 e. The van der Waals surface area contributed by atoms with Crippen LogP contribution in [0.3, 0.4) is 0 Å². The van der Waals surface area contributed by atoms with Crippen LogP contribution in [0.2, 0.25) is 0 Å². The van der Waals surface area contributed by atoms with E-state index in [9.17, 15) is 24.3 Å². The van der Waals surface area contributed by atoms with E-state index >= 15 is 0 Å². The number of carboxylic acids is 1. The summed E-state index contributed by atoms with van der Waals surface area (Å²) in [6.07, 6.45) is -0.212. The van der Waals surface area contributed by atoms with Crippen molar-refractivity contribution in [3.8, 4) is 0 Å². The number of carboxylic acid groups (broad SMARTS) is 1. The van der Waals surface area contributed by atoms with Crippen LogP contribution in [0.4, 0.5) is 0 Å². The van der Waals surface area contributed by atoms with Crippen molar-refractivity contribution in [3.63, 3.8) is 0 Å². The van der Waals surface area contributed by atoms with Crippen molar-refractivity contribution in [1.29, 1.82) is 0 Å². The highest BCUT2D eigenvalue weighted by atomic mass is 32.2. The molecule has 0 aromatic heterocycles. The van der Waals surface area contributed by atoms with Gasteiger partial charge < -0.3 is 10.0 Å². The number of benzene rings is 2. The van der Waals surface area contributed by atoms with E-state index in [-0.39, 0.29) is 23.2 Å². The fraction of sp³-hybridized carbons (Fsp3) is 0.300. The van der Waals surface area contributed by atoms with Gasteiger partial charge in [-0.15, -0.1) is 11.8 Å². The minimum atomic E-state index is -1.06. The Hall–Kier alpha value is -2.32. The molecule has 3 rings (SSSR count). The molecule has 6 nitrogen and oxygen atoms in total. The first kappa shape index (κ1) is 20.4. The summed E-state index contributed by atoms with van der Waals surface area (Å²) >= 11 is 2.18. The molecule has 2 atom stereocenters. The molecule has 0 saturated carbocycles. The number of hydrogen-bond acceptors (Lipinski definition) is 6. The molecule has 1 aliphatic heterocycles. The number of Topliss-reactive ketones (excluding diaryl/α,β-unsaturated/α-hetero) is 1. The standard InChI is InChI=1S/C20H19NO5S2/c1-12(22)28-17(9-18(23)21-11-27-10-16(21)20(25)26)19(24)15-8-4-6-13-5-2-3-7-14(13)15/h2-8,16-17H,9-11H2,1H3,(H,25,26)/t16-,17?/m0/s1. The Morgan fingerprint density at radius 1 is 1.18 bits per heavy atom. The van der Waals surface area contributed by atoms with Crippen LogP contribution >= 0.6 is 23.5 Å². The normalized spacial score (nSPS) is 17.5. The second-order valence-electron chi connectivity index (χ2n) is 6.41. The van der Waals surface area contributed by atoms with E-state index in [1.807, 2.05) is 30.3 Å². The Balaban J connectivity index is 1.87. The van der Waals surface area contributed by atoms with Gasteiger partial charge in [-0.05, 0) is 10.8 Å². The lowest BCUT2D eigenvalue weighted by Gasteiger charge is -2.23. The summed E-state index contributed by atoms with van der Waals surface area (Å²) in [6.45, 7) is 1.35. The molecule has 28 heavy (non-hydrogen) atoms. The van der Waals surface area contributed by atoms with Gasteiger partial charge in [-0.2, -0.15) is 0 Å². The summed E-state index contributed by atoms with van der Waals surface area (Å²) < 4.78 is 0. The zero-order valence-corrected chi connectivity index (χ0v) is 16.8. The maximum absolute atomic E-state index is 13.2. The predicted octanol–water partition coefficient (Wildman–Crippen LogP) is 3.05. The lowest BCUT2D eigenvalue weighted by Crippen LogP contribution is -2.43. The Labute approximate surface area is 170 Å². The summed E-state index contributed by atoms with van der Waals surface area (Å²) in [5, 5.41) is 9.78. The molecule has 2 aromatic carbocycles. The van der Waals surface area contributed by atoms with Crippen molar-refractivity contribution in [2.75, 3.05) is 11.6 Å². The predicted molar refractivity (Wildman–Crippen MR) is 111 cm³/mol. The number of amides is 1. The summed E-state index contributed by atoms with van der Waals surface area (Å²) in [5.74, 6) is -1.19. The largest absolute Gasteiger partial charge is 0.480 e. The molecule has 1 fully saturated rings. The second-order valence-corrected chi connectivity index (χ2v) is 8.79. The highest BCUT2D eigenvalue weighted by molar-refractivity contribution is 8.14. The van der Waals surface area contributed by atoms with Gasteiger partial charge in [0.15, 0.2) is 10.9 Å². The number of carbonyl (C=O) groups excluding carboxylic acids is 3. The van der Waals surface area contributed by atoms with Crippen molar-refractivity contribution in [1.82, 2.24) is 4.90 Å². The van der Waals surface area contributed by atoms with E-state index in [0.29, 0.717) is 11.3 Å². The Kier molecular flexibility index (Phi) is 6.41. The molecular weight excluding hydrogens is 398 g/mol. The topological polar surface area (TPSA) is 91.8 Å². The molecule has 0 aliphatic carbocycles. The Morgan fingerprint density at radius 2 is 1.89 bits per heavy atom. The van der Waals surface area contributed by atoms with Crippen LogP contribution in [-0.2, 0) is 14.4 Å². The molecule has 2 aromatic rings. The molecule has 1 aliphatic rings. The zero-order valence-electron chi connectivity index (χ0n) is 15.2. The fourth-order valence-corrected chi connectivity index (χ4v) is 5.20. The van der Waals surface area contributed by atoms with Gasteiger partial charge in [0, 0.05) is 24.7 Å². The van der Waals surface area contributed by atoms with E-state index in [2.05, 4.69) is 0 Å². The van der Waals surface area contributed by atoms with Gasteiger partial charge in [-0.1, -0.05) is 54.2 Å². The van der Waals surface area contributed by atoms with Crippen molar-refractivity contribution in [3.05, 3.63) is 48.0 Å². The molecule has 1 heterocycles. The highest BCUT2D eigenvalue weighted by Gasteiger charge is 2.37. The first-order valence-corrected chi connectivity index (χ1v) is 10.7. The lowest BCUT2D eigenvalue weighted by molar-refractivity contribution is -0.147. The molecule has 1 saturated heterocycles. The number of ketones is 1. The number of nitrogens with zero attached hydrogens (tertiary/aromatic N) is 1. The Bertz CT molecular complexity index is 940. The fourth-order valence-electron chi connectivity index (χ4n) is 3.17. The molecule has 0 bridgehead atoms. The van der Waals surface area contributed by atoms with Crippen LogP contribution < -0.4 is 0 Å². The number of carbonyl (C=O) groups is 4. The van der Waals surface area contributed by atoms with E-state index < -0.39 is 23.2 Å². The van der Waals surface area contributed by atoms with Crippen molar-refractivity contribution < 1.29 is 24.3 Å². The summed E-state index contributed by atoms with van der Waals surface area (Å²) in [4.78, 5) is 50.3. The number of thioether (sulfide) groups is 2. The number of rotatable bonds is 6. The third-order valence-electron chi connectivity index (χ3n) is 4.50. The minimum absolute atomic E-state index is 0.212. The molecular formula is C20H19NO5S2. The van der Waals surface area contributed by atoms with Crippen molar-refractivity contribution in [2.24, 2.45) is 0 Å². The Morgan fingerprint density at radius 3 is 2.61 bits per heavy atom. The van der Waals surface area contributed by atoms with E-state index in [1.165, 1.54) is 23.6 Å². The van der Waals surface area contributed by atoms with Gasteiger partial charge >= 0.3 is 5.97 Å². The molecule has 146 valence electrons. The van der Waals surface area contributed by atoms with Gasteiger partial charge in [-0.3, -0.25) is 14.4 Å². The van der Waals surface area contributed by atoms with Crippen LogP contribution in [0, 0.1) is 0 Å². The summed E-state index contributed by atoms with van der Waals surface area (Å²) in [6, 6.07) is 11.9. The van der Waals surface area contributed by atoms with E-state index in [1.54, 1.807) is 12.1 Å². The lowest BCUT2D eigenvalue weighted by atomic mass is 9.98. The number of hydrogen-bond donors (Lipinski definition) is 1. The van der Waals surface area contributed by atoms with Gasteiger partial charge in [0.25, 0.3) is 0 Å². The minimum Gasteiger partial charge on any atom is -0.480 e. The SMILES string of the molecule is CC(=O)SC(CC(=O)N1CSC[C@H]1C(=O)O)C(=O)c1cccc2ccccc12. The van der Waals surface area contributed by atoms with Gasteiger partial charge in [-0.25, -0.2) is 4.79 Å². The maximum Gasteiger partial charge on any atom is 0.327 e. The summed E-state index contributed by atoms with van der Waals surface area (Å²) in [7, 11) is 0.